The second kappa shape index (κ2) is 9.41. The molecule has 1 aliphatic rings. The number of hydrazine groups is 1. The summed E-state index contributed by atoms with van der Waals surface area (Å²) in [5.41, 5.74) is 2.77. The molecule has 1 aliphatic heterocycles. The number of nitrogens with two attached hydrogens (primary N) is 1. The summed E-state index contributed by atoms with van der Waals surface area (Å²) in [6.45, 7) is 2.14. The Kier molecular flexibility index (Phi) is 6.68. The van der Waals surface area contributed by atoms with Crippen LogP contribution >= 0.6 is 0 Å². The van der Waals surface area contributed by atoms with E-state index in [1.54, 1.807) is 44.3 Å². The first-order valence-corrected chi connectivity index (χ1v) is 9.81. The predicted octanol–water partition coefficient (Wildman–Crippen LogP) is 2.72. The number of rotatable bonds is 6. The highest BCUT2D eigenvalue weighted by Crippen LogP contribution is 2.31. The molecule has 1 heterocycles. The molecule has 1 unspecified atom stereocenters. The third kappa shape index (κ3) is 5.15. The van der Waals surface area contributed by atoms with Gasteiger partial charge < -0.3 is 14.8 Å². The standard InChI is InChI=1S/C22H26N4O4/c1-3-29-20(27)13-18-10-8-16-12-17(9-11-19(16)30-18)25-22(28)15-6-4-14(5-7-15)21(23)26(2)24/h4-7,9,11-12,18,23H,3,8,10,13,24H2,1-2H3,(H,25,28). The van der Waals surface area contributed by atoms with Gasteiger partial charge in [-0.1, -0.05) is 12.1 Å². The largest absolute Gasteiger partial charge is 0.490 e. The Morgan fingerprint density at radius 3 is 2.60 bits per heavy atom. The van der Waals surface area contributed by atoms with E-state index in [2.05, 4.69) is 5.32 Å². The Bertz CT molecular complexity index is 941. The maximum absolute atomic E-state index is 12.5. The lowest BCUT2D eigenvalue weighted by atomic mass is 10.00. The topological polar surface area (TPSA) is 118 Å². The van der Waals surface area contributed by atoms with Crippen LogP contribution in [0.5, 0.6) is 5.75 Å². The number of hydrogen-bond donors (Lipinski definition) is 3. The van der Waals surface area contributed by atoms with E-state index in [1.165, 1.54) is 5.01 Å². The third-order valence-corrected chi connectivity index (χ3v) is 4.82. The van der Waals surface area contributed by atoms with Crippen molar-refractivity contribution in [2.45, 2.75) is 32.3 Å². The van der Waals surface area contributed by atoms with Crippen LogP contribution < -0.4 is 15.9 Å². The predicted molar refractivity (Wildman–Crippen MR) is 114 cm³/mol. The average molecular weight is 410 g/mol. The summed E-state index contributed by atoms with van der Waals surface area (Å²) in [6.07, 6.45) is 1.51. The van der Waals surface area contributed by atoms with E-state index in [9.17, 15) is 9.59 Å². The molecule has 0 spiro atoms. The minimum absolute atomic E-state index is 0.165. The third-order valence-electron chi connectivity index (χ3n) is 4.82. The zero-order valence-electron chi connectivity index (χ0n) is 17.1. The first-order valence-electron chi connectivity index (χ1n) is 9.81. The van der Waals surface area contributed by atoms with E-state index in [-0.39, 0.29) is 30.2 Å². The molecule has 30 heavy (non-hydrogen) atoms. The van der Waals surface area contributed by atoms with Crippen LogP contribution in [0.3, 0.4) is 0 Å². The van der Waals surface area contributed by atoms with Crippen LogP contribution in [0.1, 0.15) is 41.3 Å². The Labute approximate surface area is 175 Å². The van der Waals surface area contributed by atoms with Crippen molar-refractivity contribution < 1.29 is 19.1 Å². The van der Waals surface area contributed by atoms with Crippen molar-refractivity contribution in [2.75, 3.05) is 19.0 Å². The van der Waals surface area contributed by atoms with Gasteiger partial charge in [0.2, 0.25) is 0 Å². The van der Waals surface area contributed by atoms with Gasteiger partial charge >= 0.3 is 5.97 Å². The van der Waals surface area contributed by atoms with Crippen molar-refractivity contribution in [1.82, 2.24) is 5.01 Å². The molecule has 1 amide bonds. The van der Waals surface area contributed by atoms with Gasteiger partial charge in [-0.2, -0.15) is 0 Å². The summed E-state index contributed by atoms with van der Waals surface area (Å²) in [5, 5.41) is 12.0. The molecule has 1 atom stereocenters. The number of esters is 1. The van der Waals surface area contributed by atoms with E-state index in [4.69, 9.17) is 20.7 Å². The molecule has 4 N–H and O–H groups in total. The summed E-state index contributed by atoms with van der Waals surface area (Å²) in [7, 11) is 1.59. The van der Waals surface area contributed by atoms with E-state index >= 15 is 0 Å². The number of carbonyl (C=O) groups excluding carboxylic acids is 2. The highest BCUT2D eigenvalue weighted by atomic mass is 16.5. The van der Waals surface area contributed by atoms with Crippen LogP contribution in [0, 0.1) is 5.41 Å². The van der Waals surface area contributed by atoms with Crippen molar-refractivity contribution in [3.8, 4) is 5.75 Å². The molecule has 0 aliphatic carbocycles. The minimum Gasteiger partial charge on any atom is -0.490 e. The van der Waals surface area contributed by atoms with Gasteiger partial charge in [0, 0.05) is 23.9 Å². The van der Waals surface area contributed by atoms with Gasteiger partial charge in [0.15, 0.2) is 0 Å². The number of amides is 1. The summed E-state index contributed by atoms with van der Waals surface area (Å²) in [6, 6.07) is 12.2. The molecule has 2 aromatic rings. The lowest BCUT2D eigenvalue weighted by molar-refractivity contribution is -0.145. The molecule has 8 heteroatoms. The van der Waals surface area contributed by atoms with Gasteiger partial charge in [0.05, 0.1) is 13.0 Å². The highest BCUT2D eigenvalue weighted by Gasteiger charge is 2.23. The lowest BCUT2D eigenvalue weighted by Gasteiger charge is -2.26. The highest BCUT2D eigenvalue weighted by molar-refractivity contribution is 6.05. The molecule has 0 radical (unpaired) electrons. The number of nitrogens with one attached hydrogen (secondary N) is 2. The summed E-state index contributed by atoms with van der Waals surface area (Å²) >= 11 is 0. The molecule has 2 aromatic carbocycles. The number of nitrogens with zero attached hydrogens (tertiary/aromatic N) is 1. The van der Waals surface area contributed by atoms with Gasteiger partial charge in [0.1, 0.15) is 17.7 Å². The molecule has 0 saturated heterocycles. The Hall–Kier alpha value is -3.39. The number of amidine groups is 1. The Balaban J connectivity index is 1.62. The van der Waals surface area contributed by atoms with Gasteiger partial charge in [-0.15, -0.1) is 0 Å². The van der Waals surface area contributed by atoms with Crippen LogP contribution in [0.25, 0.3) is 0 Å². The number of fused-ring (bicyclic) bond motifs is 1. The van der Waals surface area contributed by atoms with Gasteiger partial charge in [-0.3, -0.25) is 20.0 Å². The maximum atomic E-state index is 12.5. The number of benzene rings is 2. The lowest BCUT2D eigenvalue weighted by Crippen LogP contribution is -2.33. The summed E-state index contributed by atoms with van der Waals surface area (Å²) in [5.74, 6) is 5.96. The molecule has 0 saturated carbocycles. The zero-order chi connectivity index (χ0) is 21.7. The number of aryl methyl sites for hydroxylation is 1. The van der Waals surface area contributed by atoms with Crippen molar-refractivity contribution in [2.24, 2.45) is 5.84 Å². The average Bonchev–Trinajstić information content (AvgIpc) is 2.73. The molecular weight excluding hydrogens is 384 g/mol. The van der Waals surface area contributed by atoms with Gasteiger partial charge in [-0.25, -0.2) is 5.84 Å². The van der Waals surface area contributed by atoms with E-state index in [1.807, 2.05) is 12.1 Å². The van der Waals surface area contributed by atoms with Crippen LogP contribution in [-0.4, -0.2) is 42.5 Å². The zero-order valence-corrected chi connectivity index (χ0v) is 17.1. The van der Waals surface area contributed by atoms with Gasteiger partial charge in [-0.05, 0) is 55.7 Å². The fourth-order valence-corrected chi connectivity index (χ4v) is 3.26. The van der Waals surface area contributed by atoms with Crippen molar-refractivity contribution in [1.29, 1.82) is 5.41 Å². The monoisotopic (exact) mass is 410 g/mol. The van der Waals surface area contributed by atoms with Gasteiger partial charge in [0.25, 0.3) is 5.91 Å². The van der Waals surface area contributed by atoms with E-state index in [0.29, 0.717) is 29.8 Å². The van der Waals surface area contributed by atoms with Crippen LogP contribution in [-0.2, 0) is 16.0 Å². The molecule has 0 bridgehead atoms. The fraction of sp³-hybridized carbons (Fsp3) is 0.318. The number of anilines is 1. The van der Waals surface area contributed by atoms with Crippen LogP contribution in [0.2, 0.25) is 0 Å². The van der Waals surface area contributed by atoms with Crippen LogP contribution in [0.4, 0.5) is 5.69 Å². The number of hydrogen-bond acceptors (Lipinski definition) is 6. The molecule has 158 valence electrons. The number of ether oxygens (including phenoxy) is 2. The van der Waals surface area contributed by atoms with Crippen molar-refractivity contribution in [3.63, 3.8) is 0 Å². The summed E-state index contributed by atoms with van der Waals surface area (Å²) < 4.78 is 10.9. The molecule has 3 rings (SSSR count). The van der Waals surface area contributed by atoms with Crippen molar-refractivity contribution in [3.05, 3.63) is 59.2 Å². The normalized spacial score (nSPS) is 14.8. The fourth-order valence-electron chi connectivity index (χ4n) is 3.26. The molecular formula is C22H26N4O4. The van der Waals surface area contributed by atoms with Crippen molar-refractivity contribution >= 4 is 23.4 Å². The second-order valence-electron chi connectivity index (χ2n) is 7.10. The number of carbonyl (C=O) groups is 2. The SMILES string of the molecule is CCOC(=O)CC1CCc2cc(NC(=O)c3ccc(C(=N)N(C)N)cc3)ccc2O1. The molecule has 0 aromatic heterocycles. The van der Waals surface area contributed by atoms with Crippen LogP contribution in [0.15, 0.2) is 42.5 Å². The Morgan fingerprint density at radius 1 is 1.23 bits per heavy atom. The van der Waals surface area contributed by atoms with E-state index in [0.717, 1.165) is 17.7 Å². The second-order valence-corrected chi connectivity index (χ2v) is 7.10. The Morgan fingerprint density at radius 2 is 1.93 bits per heavy atom. The minimum atomic E-state index is -0.255. The molecule has 8 nitrogen and oxygen atoms in total. The van der Waals surface area contributed by atoms with E-state index < -0.39 is 0 Å². The quantitative estimate of drug-likeness (QED) is 0.222. The summed E-state index contributed by atoms with van der Waals surface area (Å²) in [4.78, 5) is 24.2. The smallest absolute Gasteiger partial charge is 0.309 e. The first-order chi connectivity index (χ1) is 14.4. The maximum Gasteiger partial charge on any atom is 0.309 e. The first kappa shape index (κ1) is 21.3. The molecule has 0 fully saturated rings.